The van der Waals surface area contributed by atoms with Gasteiger partial charge in [-0.3, -0.25) is 0 Å². The first kappa shape index (κ1) is 14.3. The third kappa shape index (κ3) is 3.93. The number of halogens is 2. The molecule has 0 unspecified atom stereocenters. The molecule has 1 heterocycles. The fraction of sp³-hybridized carbons (Fsp3) is 0.154. The molecule has 0 aliphatic rings. The van der Waals surface area contributed by atoms with E-state index in [1.807, 2.05) is 0 Å². The largest absolute Gasteiger partial charge is 0.245 e. The highest BCUT2D eigenvalue weighted by Gasteiger charge is 2.15. The van der Waals surface area contributed by atoms with Gasteiger partial charge in [-0.25, -0.2) is 13.4 Å². The number of aromatic nitrogens is 1. The molecule has 0 atom stereocenters. The molecule has 2 aromatic rings. The van der Waals surface area contributed by atoms with Gasteiger partial charge in [0, 0.05) is 16.2 Å². The van der Waals surface area contributed by atoms with Crippen LogP contribution in [0.4, 0.5) is 0 Å². The normalized spacial score (nSPS) is 11.5. The molecule has 100 valence electrons. The number of pyridine rings is 1. The minimum atomic E-state index is -3.38. The standard InChI is InChI=1S/C13H11Cl2NO2S/c14-11-7-10(8-12(15)9-11)4-6-19(17,18)13-3-1-2-5-16-13/h1-3,5,7-9H,4,6H2. The second-order valence-corrected chi connectivity index (χ2v) is 6.94. The molecule has 2 rings (SSSR count). The number of sulfone groups is 1. The van der Waals surface area contributed by atoms with Gasteiger partial charge in [-0.2, -0.15) is 0 Å². The Morgan fingerprint density at radius 1 is 1.05 bits per heavy atom. The maximum Gasteiger partial charge on any atom is 0.195 e. The van der Waals surface area contributed by atoms with E-state index in [-0.39, 0.29) is 10.8 Å². The van der Waals surface area contributed by atoms with Crippen LogP contribution in [0.25, 0.3) is 0 Å². The molecule has 0 saturated carbocycles. The molecule has 0 radical (unpaired) electrons. The Balaban J connectivity index is 2.14. The summed E-state index contributed by atoms with van der Waals surface area (Å²) in [7, 11) is -3.38. The summed E-state index contributed by atoms with van der Waals surface area (Å²) >= 11 is 11.7. The van der Waals surface area contributed by atoms with Gasteiger partial charge in [0.25, 0.3) is 0 Å². The number of aryl methyl sites for hydroxylation is 1. The third-order valence-electron chi connectivity index (χ3n) is 2.54. The minimum Gasteiger partial charge on any atom is -0.245 e. The van der Waals surface area contributed by atoms with Crippen LogP contribution < -0.4 is 0 Å². The summed E-state index contributed by atoms with van der Waals surface area (Å²) in [5, 5.41) is 1.08. The summed E-state index contributed by atoms with van der Waals surface area (Å²) in [5.41, 5.74) is 0.789. The van der Waals surface area contributed by atoms with Crippen LogP contribution >= 0.6 is 23.2 Å². The van der Waals surface area contributed by atoms with Crippen LogP contribution in [0.5, 0.6) is 0 Å². The van der Waals surface area contributed by atoms with E-state index in [2.05, 4.69) is 4.98 Å². The van der Waals surface area contributed by atoms with Crippen molar-refractivity contribution in [2.24, 2.45) is 0 Å². The van der Waals surface area contributed by atoms with Crippen molar-refractivity contribution in [1.82, 2.24) is 4.98 Å². The van der Waals surface area contributed by atoms with E-state index >= 15 is 0 Å². The summed E-state index contributed by atoms with van der Waals surface area (Å²) in [6.07, 6.45) is 1.81. The van der Waals surface area contributed by atoms with Crippen LogP contribution in [0.2, 0.25) is 10.0 Å². The van der Waals surface area contributed by atoms with Crippen LogP contribution in [0.3, 0.4) is 0 Å². The fourth-order valence-corrected chi connectivity index (χ4v) is 3.44. The number of benzene rings is 1. The Hall–Kier alpha value is -1.10. The quantitative estimate of drug-likeness (QED) is 0.868. The summed E-state index contributed by atoms with van der Waals surface area (Å²) in [6.45, 7) is 0. The summed E-state index contributed by atoms with van der Waals surface area (Å²) < 4.78 is 24.1. The molecule has 3 nitrogen and oxygen atoms in total. The average Bonchev–Trinajstić information content (AvgIpc) is 2.37. The lowest BCUT2D eigenvalue weighted by atomic mass is 10.2. The van der Waals surface area contributed by atoms with E-state index < -0.39 is 9.84 Å². The van der Waals surface area contributed by atoms with Crippen molar-refractivity contribution >= 4 is 33.0 Å². The lowest BCUT2D eigenvalue weighted by molar-refractivity contribution is 0.591. The second kappa shape index (κ2) is 5.90. The maximum absolute atomic E-state index is 12.0. The van der Waals surface area contributed by atoms with Crippen LogP contribution in [0.15, 0.2) is 47.6 Å². The highest BCUT2D eigenvalue weighted by atomic mass is 35.5. The molecule has 0 amide bonds. The molecular formula is C13H11Cl2NO2S. The second-order valence-electron chi connectivity index (χ2n) is 4.01. The highest BCUT2D eigenvalue weighted by molar-refractivity contribution is 7.91. The Labute approximate surface area is 122 Å². The summed E-state index contributed by atoms with van der Waals surface area (Å²) in [4.78, 5) is 3.86. The van der Waals surface area contributed by atoms with Crippen LogP contribution in [-0.4, -0.2) is 19.2 Å². The SMILES string of the molecule is O=S(=O)(CCc1cc(Cl)cc(Cl)c1)c1ccccn1. The van der Waals surface area contributed by atoms with Crippen molar-refractivity contribution in [3.8, 4) is 0 Å². The van der Waals surface area contributed by atoms with Gasteiger partial charge in [-0.05, 0) is 42.3 Å². The van der Waals surface area contributed by atoms with E-state index in [9.17, 15) is 8.42 Å². The molecule has 0 fully saturated rings. The van der Waals surface area contributed by atoms with Gasteiger partial charge in [0.15, 0.2) is 14.9 Å². The Morgan fingerprint density at radius 2 is 1.74 bits per heavy atom. The van der Waals surface area contributed by atoms with Gasteiger partial charge in [-0.15, -0.1) is 0 Å². The van der Waals surface area contributed by atoms with Gasteiger partial charge < -0.3 is 0 Å². The Bertz CT molecular complexity index is 652. The fourth-order valence-electron chi connectivity index (χ4n) is 1.64. The number of hydrogen-bond acceptors (Lipinski definition) is 3. The predicted octanol–water partition coefficient (Wildman–Crippen LogP) is 3.40. The van der Waals surface area contributed by atoms with E-state index in [1.54, 1.807) is 30.3 Å². The van der Waals surface area contributed by atoms with Crippen molar-refractivity contribution in [3.63, 3.8) is 0 Å². The van der Waals surface area contributed by atoms with Crippen LogP contribution in [0.1, 0.15) is 5.56 Å². The van der Waals surface area contributed by atoms with Crippen molar-refractivity contribution in [2.45, 2.75) is 11.4 Å². The molecule has 0 aliphatic heterocycles. The van der Waals surface area contributed by atoms with E-state index in [4.69, 9.17) is 23.2 Å². The van der Waals surface area contributed by atoms with Crippen LogP contribution in [-0.2, 0) is 16.3 Å². The molecular weight excluding hydrogens is 305 g/mol. The Morgan fingerprint density at radius 3 is 2.32 bits per heavy atom. The van der Waals surface area contributed by atoms with Gasteiger partial charge in [0.1, 0.15) is 0 Å². The first-order chi connectivity index (χ1) is 8.97. The number of hydrogen-bond donors (Lipinski definition) is 0. The lowest BCUT2D eigenvalue weighted by Crippen LogP contribution is -2.10. The van der Waals surface area contributed by atoms with Crippen LogP contribution in [0, 0.1) is 0 Å². The molecule has 6 heteroatoms. The number of nitrogens with zero attached hydrogens (tertiary/aromatic N) is 1. The zero-order valence-corrected chi connectivity index (χ0v) is 12.2. The molecule has 0 bridgehead atoms. The maximum atomic E-state index is 12.0. The molecule has 0 N–H and O–H groups in total. The summed E-state index contributed by atoms with van der Waals surface area (Å²) in [5.74, 6) is -0.0271. The highest BCUT2D eigenvalue weighted by Crippen LogP contribution is 2.20. The van der Waals surface area contributed by atoms with Crippen molar-refractivity contribution in [1.29, 1.82) is 0 Å². The first-order valence-electron chi connectivity index (χ1n) is 5.56. The lowest BCUT2D eigenvalue weighted by Gasteiger charge is -2.05. The van der Waals surface area contributed by atoms with Crippen molar-refractivity contribution < 1.29 is 8.42 Å². The zero-order chi connectivity index (χ0) is 13.9. The molecule has 19 heavy (non-hydrogen) atoms. The van der Waals surface area contributed by atoms with Gasteiger partial charge in [-0.1, -0.05) is 29.3 Å². The molecule has 1 aromatic carbocycles. The third-order valence-corrected chi connectivity index (χ3v) is 4.60. The monoisotopic (exact) mass is 315 g/mol. The molecule has 0 spiro atoms. The Kier molecular flexibility index (Phi) is 4.45. The molecule has 0 aliphatic carbocycles. The van der Waals surface area contributed by atoms with Crippen molar-refractivity contribution in [2.75, 3.05) is 5.75 Å². The van der Waals surface area contributed by atoms with E-state index in [1.165, 1.54) is 12.3 Å². The van der Waals surface area contributed by atoms with Crippen molar-refractivity contribution in [3.05, 3.63) is 58.2 Å². The average molecular weight is 316 g/mol. The first-order valence-corrected chi connectivity index (χ1v) is 7.97. The van der Waals surface area contributed by atoms with Gasteiger partial charge in [0.2, 0.25) is 0 Å². The molecule has 1 aromatic heterocycles. The minimum absolute atomic E-state index is 0.0271. The van der Waals surface area contributed by atoms with E-state index in [0.29, 0.717) is 16.5 Å². The molecule has 0 saturated heterocycles. The predicted molar refractivity (Wildman–Crippen MR) is 76.5 cm³/mol. The number of rotatable bonds is 4. The van der Waals surface area contributed by atoms with Gasteiger partial charge in [0.05, 0.1) is 5.75 Å². The van der Waals surface area contributed by atoms with E-state index in [0.717, 1.165) is 5.56 Å². The summed E-state index contributed by atoms with van der Waals surface area (Å²) in [6, 6.07) is 9.84. The smallest absolute Gasteiger partial charge is 0.195 e. The van der Waals surface area contributed by atoms with Gasteiger partial charge >= 0.3 is 0 Å². The topological polar surface area (TPSA) is 47.0 Å². The zero-order valence-electron chi connectivity index (χ0n) is 9.88.